The summed E-state index contributed by atoms with van der Waals surface area (Å²) < 4.78 is 13.1. The zero-order valence-corrected chi connectivity index (χ0v) is 15.1. The lowest BCUT2D eigenvalue weighted by atomic mass is 9.77. The first-order chi connectivity index (χ1) is 11.7. The lowest BCUT2D eigenvalue weighted by Crippen LogP contribution is -2.47. The lowest BCUT2D eigenvalue weighted by molar-refractivity contribution is -0.137. The van der Waals surface area contributed by atoms with E-state index in [1.54, 1.807) is 12.1 Å². The Labute approximate surface area is 154 Å². The van der Waals surface area contributed by atoms with E-state index in [4.69, 9.17) is 0 Å². The van der Waals surface area contributed by atoms with Crippen LogP contribution in [0.5, 0.6) is 0 Å². The fraction of sp³-hybridized carbons (Fsp3) is 0.611. The molecule has 3 heterocycles. The SMILES string of the molecule is Cl.O=C(C1CNNC1c1ccc(F)cc1)N1CCC2(CCNC2)CC1. The molecule has 3 N–H and O–H groups in total. The summed E-state index contributed by atoms with van der Waals surface area (Å²) in [5.74, 6) is -0.173. The first-order valence-corrected chi connectivity index (χ1v) is 8.90. The molecule has 1 aromatic rings. The van der Waals surface area contributed by atoms with Crippen LogP contribution in [0.3, 0.4) is 0 Å². The van der Waals surface area contributed by atoms with Crippen LogP contribution in [0.1, 0.15) is 30.9 Å². The summed E-state index contributed by atoms with van der Waals surface area (Å²) in [5, 5.41) is 3.46. The van der Waals surface area contributed by atoms with Gasteiger partial charge >= 0.3 is 0 Å². The molecular formula is C18H26ClFN4O. The molecule has 5 nitrogen and oxygen atoms in total. The van der Waals surface area contributed by atoms with Crippen molar-refractivity contribution in [3.05, 3.63) is 35.6 Å². The van der Waals surface area contributed by atoms with Crippen LogP contribution in [0.25, 0.3) is 0 Å². The van der Waals surface area contributed by atoms with Crippen molar-refractivity contribution < 1.29 is 9.18 Å². The standard InChI is InChI=1S/C18H25FN4O.ClH/c19-14-3-1-13(2-4-14)16-15(11-21-22-16)17(24)23-9-6-18(7-10-23)5-8-20-12-18;/h1-4,15-16,20-22H,5-12H2;1H. The topological polar surface area (TPSA) is 56.4 Å². The Morgan fingerprint density at radius 3 is 2.52 bits per heavy atom. The summed E-state index contributed by atoms with van der Waals surface area (Å²) in [4.78, 5) is 15.0. The Bertz CT molecular complexity index is 596. The summed E-state index contributed by atoms with van der Waals surface area (Å²) in [7, 11) is 0. The summed E-state index contributed by atoms with van der Waals surface area (Å²) in [6.45, 7) is 4.53. The number of likely N-dealkylation sites (tertiary alicyclic amines) is 1. The Kier molecular flexibility index (Phi) is 5.63. The highest BCUT2D eigenvalue weighted by atomic mass is 35.5. The lowest BCUT2D eigenvalue weighted by Gasteiger charge is -2.40. The van der Waals surface area contributed by atoms with Crippen molar-refractivity contribution >= 4 is 18.3 Å². The van der Waals surface area contributed by atoms with Crippen molar-refractivity contribution in [2.75, 3.05) is 32.7 Å². The van der Waals surface area contributed by atoms with Crippen molar-refractivity contribution in [2.24, 2.45) is 11.3 Å². The molecule has 25 heavy (non-hydrogen) atoms. The molecule has 3 saturated heterocycles. The number of hydrazine groups is 1. The van der Waals surface area contributed by atoms with Crippen LogP contribution in [0.15, 0.2) is 24.3 Å². The van der Waals surface area contributed by atoms with Crippen LogP contribution >= 0.6 is 12.4 Å². The first-order valence-electron chi connectivity index (χ1n) is 8.90. The largest absolute Gasteiger partial charge is 0.342 e. The zero-order chi connectivity index (χ0) is 16.6. The Morgan fingerprint density at radius 2 is 1.88 bits per heavy atom. The van der Waals surface area contributed by atoms with Gasteiger partial charge in [-0.1, -0.05) is 12.1 Å². The van der Waals surface area contributed by atoms with Crippen LogP contribution in [0.2, 0.25) is 0 Å². The molecule has 0 aliphatic carbocycles. The number of hydrogen-bond acceptors (Lipinski definition) is 4. The number of piperidine rings is 1. The van der Waals surface area contributed by atoms with Gasteiger partial charge in [0.25, 0.3) is 0 Å². The molecule has 1 aromatic carbocycles. The fourth-order valence-electron chi connectivity index (χ4n) is 4.37. The number of benzene rings is 1. The van der Waals surface area contributed by atoms with Crippen molar-refractivity contribution in [3.63, 3.8) is 0 Å². The highest BCUT2D eigenvalue weighted by Gasteiger charge is 2.41. The number of carbonyl (C=O) groups is 1. The smallest absolute Gasteiger partial charge is 0.229 e. The Balaban J connectivity index is 0.00000182. The summed E-state index contributed by atoms with van der Waals surface area (Å²) in [6.07, 6.45) is 3.43. The van der Waals surface area contributed by atoms with E-state index in [-0.39, 0.29) is 36.1 Å². The minimum Gasteiger partial charge on any atom is -0.342 e. The summed E-state index contributed by atoms with van der Waals surface area (Å²) in [5.41, 5.74) is 7.65. The Hall–Kier alpha value is -1.21. The molecule has 2 atom stereocenters. The van der Waals surface area contributed by atoms with E-state index in [0.717, 1.165) is 44.6 Å². The molecule has 0 aromatic heterocycles. The maximum atomic E-state index is 13.1. The third-order valence-electron chi connectivity index (χ3n) is 6.00. The molecular weight excluding hydrogens is 343 g/mol. The second kappa shape index (κ2) is 7.58. The molecule has 3 aliphatic rings. The van der Waals surface area contributed by atoms with E-state index in [2.05, 4.69) is 16.2 Å². The monoisotopic (exact) mass is 368 g/mol. The first kappa shape index (κ1) is 18.6. The van der Waals surface area contributed by atoms with Gasteiger partial charge in [-0.3, -0.25) is 10.2 Å². The van der Waals surface area contributed by atoms with Gasteiger partial charge in [0.05, 0.1) is 12.0 Å². The number of carbonyl (C=O) groups excluding carboxylic acids is 1. The molecule has 0 bridgehead atoms. The third-order valence-corrected chi connectivity index (χ3v) is 6.00. The van der Waals surface area contributed by atoms with E-state index in [1.165, 1.54) is 18.6 Å². The average molecular weight is 369 g/mol. The van der Waals surface area contributed by atoms with Gasteiger partial charge in [-0.25, -0.2) is 9.82 Å². The van der Waals surface area contributed by atoms with Crippen LogP contribution in [-0.4, -0.2) is 43.5 Å². The van der Waals surface area contributed by atoms with Crippen LogP contribution in [0.4, 0.5) is 4.39 Å². The molecule has 0 saturated carbocycles. The van der Waals surface area contributed by atoms with Crippen molar-refractivity contribution in [2.45, 2.75) is 25.3 Å². The molecule has 1 amide bonds. The number of nitrogens with one attached hydrogen (secondary N) is 3. The van der Waals surface area contributed by atoms with Crippen molar-refractivity contribution in [3.8, 4) is 0 Å². The minimum absolute atomic E-state index is 0. The number of rotatable bonds is 2. The molecule has 1 spiro atoms. The van der Waals surface area contributed by atoms with Gasteiger partial charge in [0.15, 0.2) is 0 Å². The highest BCUT2D eigenvalue weighted by molar-refractivity contribution is 5.85. The van der Waals surface area contributed by atoms with Gasteiger partial charge in [0.1, 0.15) is 5.82 Å². The summed E-state index contributed by atoms with van der Waals surface area (Å²) >= 11 is 0. The van der Waals surface area contributed by atoms with E-state index >= 15 is 0 Å². The van der Waals surface area contributed by atoms with Crippen LogP contribution < -0.4 is 16.2 Å². The molecule has 138 valence electrons. The van der Waals surface area contributed by atoms with E-state index < -0.39 is 0 Å². The number of nitrogens with zero attached hydrogens (tertiary/aromatic N) is 1. The van der Waals surface area contributed by atoms with Crippen LogP contribution in [-0.2, 0) is 4.79 Å². The maximum Gasteiger partial charge on any atom is 0.229 e. The van der Waals surface area contributed by atoms with Crippen molar-refractivity contribution in [1.29, 1.82) is 0 Å². The molecule has 2 unspecified atom stereocenters. The van der Waals surface area contributed by atoms with E-state index in [0.29, 0.717) is 12.0 Å². The van der Waals surface area contributed by atoms with Gasteiger partial charge in [-0.15, -0.1) is 12.4 Å². The molecule has 7 heteroatoms. The predicted molar refractivity (Wildman–Crippen MR) is 96.8 cm³/mol. The second-order valence-electron chi connectivity index (χ2n) is 7.41. The van der Waals surface area contributed by atoms with Gasteiger partial charge in [0, 0.05) is 26.2 Å². The average Bonchev–Trinajstić information content (AvgIpc) is 3.26. The Morgan fingerprint density at radius 1 is 1.16 bits per heavy atom. The van der Waals surface area contributed by atoms with Crippen molar-refractivity contribution in [1.82, 2.24) is 21.1 Å². The van der Waals surface area contributed by atoms with Gasteiger partial charge in [-0.05, 0) is 48.9 Å². The van der Waals surface area contributed by atoms with E-state index in [1.807, 2.05) is 4.90 Å². The minimum atomic E-state index is -0.251. The normalized spacial score (nSPS) is 28.1. The molecule has 0 radical (unpaired) electrons. The number of halogens is 2. The summed E-state index contributed by atoms with van der Waals surface area (Å²) in [6, 6.07) is 6.33. The zero-order valence-electron chi connectivity index (χ0n) is 14.3. The van der Waals surface area contributed by atoms with Gasteiger partial charge in [-0.2, -0.15) is 0 Å². The molecule has 3 fully saturated rings. The molecule has 4 rings (SSSR count). The van der Waals surface area contributed by atoms with Gasteiger partial charge < -0.3 is 10.2 Å². The van der Waals surface area contributed by atoms with Crippen LogP contribution in [0, 0.1) is 17.2 Å². The second-order valence-corrected chi connectivity index (χ2v) is 7.41. The predicted octanol–water partition coefficient (Wildman–Crippen LogP) is 1.61. The highest BCUT2D eigenvalue weighted by Crippen LogP contribution is 2.38. The maximum absolute atomic E-state index is 13.1. The van der Waals surface area contributed by atoms with Gasteiger partial charge in [0.2, 0.25) is 5.91 Å². The molecule has 3 aliphatic heterocycles. The number of amides is 1. The van der Waals surface area contributed by atoms with E-state index in [9.17, 15) is 9.18 Å². The number of hydrogen-bond donors (Lipinski definition) is 3. The third kappa shape index (κ3) is 3.67. The fourth-order valence-corrected chi connectivity index (χ4v) is 4.37. The quantitative estimate of drug-likeness (QED) is 0.742.